The standard InChI is InChI=1S/C32H38F2N6O2/c1-39-10-12-40(13-11-39)25-5-8-27(30(19-25)37-24-3-6-26(41)7-4-24)32(42)38-31(36)28-17-20(2-9-29(28)35)14-21-15-22(33)18-23(34)16-21/h2,5,8-9,15-19,24,26,37,41H,3-4,6-7,10-14,35H2,1H3,(H2,36,38,42). The van der Waals surface area contributed by atoms with Crippen molar-refractivity contribution in [3.8, 4) is 0 Å². The molecule has 1 heterocycles. The summed E-state index contributed by atoms with van der Waals surface area (Å²) >= 11 is 0. The van der Waals surface area contributed by atoms with Crippen molar-refractivity contribution in [2.45, 2.75) is 44.2 Å². The van der Waals surface area contributed by atoms with Gasteiger partial charge in [-0.05, 0) is 92.7 Å². The molecule has 0 atom stereocenters. The lowest BCUT2D eigenvalue weighted by atomic mass is 9.92. The summed E-state index contributed by atoms with van der Waals surface area (Å²) < 4.78 is 27.4. The van der Waals surface area contributed by atoms with Crippen molar-refractivity contribution in [3.63, 3.8) is 0 Å². The van der Waals surface area contributed by atoms with E-state index in [1.807, 2.05) is 12.1 Å². The van der Waals surface area contributed by atoms with Crippen molar-refractivity contribution < 1.29 is 18.7 Å². The number of anilines is 3. The fraction of sp³-hybridized carbons (Fsp3) is 0.375. The van der Waals surface area contributed by atoms with Crippen LogP contribution in [0.1, 0.15) is 52.7 Å². The van der Waals surface area contributed by atoms with Crippen LogP contribution in [-0.2, 0) is 6.42 Å². The Bertz CT molecular complexity index is 1440. The van der Waals surface area contributed by atoms with Crippen LogP contribution in [0, 0.1) is 11.6 Å². The van der Waals surface area contributed by atoms with Gasteiger partial charge in [-0.2, -0.15) is 4.99 Å². The third kappa shape index (κ3) is 7.24. The summed E-state index contributed by atoms with van der Waals surface area (Å²) in [6, 6.07) is 14.3. The fourth-order valence-corrected chi connectivity index (χ4v) is 5.65. The highest BCUT2D eigenvalue weighted by Gasteiger charge is 2.23. The van der Waals surface area contributed by atoms with E-state index in [-0.39, 0.29) is 24.4 Å². The van der Waals surface area contributed by atoms with E-state index in [9.17, 15) is 18.7 Å². The summed E-state index contributed by atoms with van der Waals surface area (Å²) in [6.07, 6.45) is 2.99. The molecule has 0 bridgehead atoms. The smallest absolute Gasteiger partial charge is 0.281 e. The number of hydrogen-bond donors (Lipinski definition) is 4. The van der Waals surface area contributed by atoms with E-state index < -0.39 is 17.5 Å². The number of hydrogen-bond acceptors (Lipinski definition) is 6. The van der Waals surface area contributed by atoms with Gasteiger partial charge in [-0.25, -0.2) is 8.78 Å². The Morgan fingerprint density at radius 3 is 2.31 bits per heavy atom. The van der Waals surface area contributed by atoms with Crippen LogP contribution in [0.2, 0.25) is 0 Å². The van der Waals surface area contributed by atoms with E-state index in [2.05, 4.69) is 27.2 Å². The molecule has 1 amide bonds. The maximum atomic E-state index is 13.7. The number of carbonyl (C=O) groups is 1. The molecule has 3 aromatic carbocycles. The van der Waals surface area contributed by atoms with Crippen LogP contribution >= 0.6 is 0 Å². The average molecular weight is 577 g/mol. The van der Waals surface area contributed by atoms with Gasteiger partial charge in [0.05, 0.1) is 11.7 Å². The first-order valence-corrected chi connectivity index (χ1v) is 14.4. The monoisotopic (exact) mass is 576 g/mol. The van der Waals surface area contributed by atoms with Crippen molar-refractivity contribution in [3.05, 3.63) is 88.5 Å². The number of aliphatic hydroxyl groups is 1. The summed E-state index contributed by atoms with van der Waals surface area (Å²) in [4.78, 5) is 22.4. The van der Waals surface area contributed by atoms with Crippen molar-refractivity contribution in [2.75, 3.05) is 49.2 Å². The average Bonchev–Trinajstić information content (AvgIpc) is 2.95. The highest BCUT2D eigenvalue weighted by molar-refractivity contribution is 6.12. The van der Waals surface area contributed by atoms with Gasteiger partial charge in [0.15, 0.2) is 0 Å². The number of aliphatic hydroxyl groups excluding tert-OH is 1. The minimum Gasteiger partial charge on any atom is -0.398 e. The van der Waals surface area contributed by atoms with Crippen molar-refractivity contribution in [2.24, 2.45) is 10.7 Å². The number of nitrogen functional groups attached to an aromatic ring is 1. The Morgan fingerprint density at radius 2 is 1.62 bits per heavy atom. The maximum Gasteiger partial charge on any atom is 0.281 e. The molecule has 2 aliphatic rings. The molecule has 1 aliphatic carbocycles. The van der Waals surface area contributed by atoms with Crippen molar-refractivity contribution >= 4 is 28.8 Å². The number of nitrogens with two attached hydrogens (primary N) is 2. The van der Waals surface area contributed by atoms with Gasteiger partial charge in [-0.15, -0.1) is 0 Å². The van der Waals surface area contributed by atoms with Crippen LogP contribution < -0.4 is 21.7 Å². The zero-order chi connectivity index (χ0) is 29.8. The van der Waals surface area contributed by atoms with Crippen LogP contribution in [0.15, 0.2) is 59.6 Å². The predicted molar refractivity (Wildman–Crippen MR) is 163 cm³/mol. The van der Waals surface area contributed by atoms with Crippen LogP contribution in [0.5, 0.6) is 0 Å². The van der Waals surface area contributed by atoms with Gasteiger partial charge in [-0.1, -0.05) is 6.07 Å². The number of amidine groups is 1. The van der Waals surface area contributed by atoms with Gasteiger partial charge in [0.25, 0.3) is 5.91 Å². The third-order valence-corrected chi connectivity index (χ3v) is 8.10. The highest BCUT2D eigenvalue weighted by Crippen LogP contribution is 2.29. The molecule has 3 aromatic rings. The lowest BCUT2D eigenvalue weighted by molar-refractivity contribution is 0.100. The van der Waals surface area contributed by atoms with Gasteiger partial charge in [0.1, 0.15) is 17.5 Å². The number of nitrogens with zero attached hydrogens (tertiary/aromatic N) is 3. The molecule has 1 saturated heterocycles. The van der Waals surface area contributed by atoms with Gasteiger partial charge in [-0.3, -0.25) is 4.79 Å². The number of amides is 1. The quantitative estimate of drug-likeness (QED) is 0.190. The largest absolute Gasteiger partial charge is 0.398 e. The van der Waals surface area contributed by atoms with Crippen LogP contribution in [0.4, 0.5) is 25.8 Å². The second-order valence-electron chi connectivity index (χ2n) is 11.3. The molecule has 6 N–H and O–H groups in total. The Labute approximate surface area is 245 Å². The lowest BCUT2D eigenvalue weighted by Crippen LogP contribution is -2.44. The van der Waals surface area contributed by atoms with E-state index in [1.165, 1.54) is 12.1 Å². The molecule has 222 valence electrons. The molecule has 42 heavy (non-hydrogen) atoms. The van der Waals surface area contributed by atoms with Gasteiger partial charge >= 0.3 is 0 Å². The van der Waals surface area contributed by atoms with Gasteiger partial charge in [0.2, 0.25) is 0 Å². The molecule has 8 nitrogen and oxygen atoms in total. The first-order chi connectivity index (χ1) is 20.1. The number of piperazine rings is 1. The van der Waals surface area contributed by atoms with E-state index in [1.54, 1.807) is 24.3 Å². The number of nitrogens with one attached hydrogen (secondary N) is 1. The van der Waals surface area contributed by atoms with Crippen LogP contribution in [-0.4, -0.2) is 67.1 Å². The minimum atomic E-state index is -0.653. The van der Waals surface area contributed by atoms with Crippen LogP contribution in [0.3, 0.4) is 0 Å². The fourth-order valence-electron chi connectivity index (χ4n) is 5.65. The van der Waals surface area contributed by atoms with Crippen molar-refractivity contribution in [1.29, 1.82) is 0 Å². The van der Waals surface area contributed by atoms with Crippen molar-refractivity contribution in [1.82, 2.24) is 4.90 Å². The molecule has 0 radical (unpaired) electrons. The Kier molecular flexibility index (Phi) is 9.03. The highest BCUT2D eigenvalue weighted by atomic mass is 19.1. The topological polar surface area (TPSA) is 120 Å². The molecular formula is C32H38F2N6O2. The molecule has 1 saturated carbocycles. The molecule has 5 rings (SSSR count). The SMILES string of the molecule is CN1CCN(c2ccc(C(=O)N=C(N)c3cc(Cc4cc(F)cc(F)c4)ccc3N)c(NC3CCC(O)CC3)c2)CC1. The summed E-state index contributed by atoms with van der Waals surface area (Å²) in [5, 5.41) is 13.5. The summed E-state index contributed by atoms with van der Waals surface area (Å²) in [7, 11) is 2.11. The van der Waals surface area contributed by atoms with E-state index in [0.29, 0.717) is 46.5 Å². The van der Waals surface area contributed by atoms with Gasteiger partial charge < -0.3 is 31.7 Å². The second-order valence-corrected chi connectivity index (χ2v) is 11.3. The number of likely N-dealkylation sites (N-methyl/N-ethyl adjacent to an activating group) is 1. The Morgan fingerprint density at radius 1 is 0.929 bits per heavy atom. The summed E-state index contributed by atoms with van der Waals surface area (Å²) in [5.74, 6) is -1.85. The number of rotatable bonds is 7. The molecular weight excluding hydrogens is 538 g/mol. The zero-order valence-electron chi connectivity index (χ0n) is 23.8. The lowest BCUT2D eigenvalue weighted by Gasteiger charge is -2.34. The number of halogens is 2. The number of carbonyl (C=O) groups excluding carboxylic acids is 1. The second kappa shape index (κ2) is 12.9. The predicted octanol–water partition coefficient (Wildman–Crippen LogP) is 4.15. The van der Waals surface area contributed by atoms with E-state index >= 15 is 0 Å². The Balaban J connectivity index is 1.41. The first kappa shape index (κ1) is 29.5. The molecule has 0 aromatic heterocycles. The number of benzene rings is 3. The van der Waals surface area contributed by atoms with Gasteiger partial charge in [0, 0.05) is 60.9 Å². The molecule has 0 unspecified atom stereocenters. The van der Waals surface area contributed by atoms with E-state index in [4.69, 9.17) is 11.5 Å². The molecule has 10 heteroatoms. The normalized spacial score (nSPS) is 20.0. The van der Waals surface area contributed by atoms with Crippen LogP contribution in [0.25, 0.3) is 0 Å². The zero-order valence-corrected chi connectivity index (χ0v) is 23.8. The summed E-state index contributed by atoms with van der Waals surface area (Å²) in [6.45, 7) is 3.70. The molecule has 1 aliphatic heterocycles. The molecule has 2 fully saturated rings. The third-order valence-electron chi connectivity index (χ3n) is 8.10. The maximum absolute atomic E-state index is 13.7. The summed E-state index contributed by atoms with van der Waals surface area (Å²) in [5.41, 5.74) is 16.5. The Hall–Kier alpha value is -4.02. The molecule has 0 spiro atoms. The first-order valence-electron chi connectivity index (χ1n) is 14.4. The van der Waals surface area contributed by atoms with E-state index in [0.717, 1.165) is 50.8 Å². The minimum absolute atomic E-state index is 0.0420. The number of aliphatic imine (C=N–C) groups is 1.